The maximum Gasteiger partial charge on any atom is 0.338 e. The van der Waals surface area contributed by atoms with Crippen LogP contribution in [0.3, 0.4) is 0 Å². The van der Waals surface area contributed by atoms with E-state index in [4.69, 9.17) is 16.9 Å². The smallest absolute Gasteiger partial charge is 0.338 e. The average Bonchev–Trinajstić information content (AvgIpc) is 2.37. The van der Waals surface area contributed by atoms with Crippen LogP contribution in [0.1, 0.15) is 27.2 Å². The maximum atomic E-state index is 11.4. The first kappa shape index (κ1) is 15.4. The molecule has 0 aliphatic carbocycles. The highest BCUT2D eigenvalue weighted by Gasteiger charge is 2.18. The van der Waals surface area contributed by atoms with Crippen molar-refractivity contribution >= 4 is 29.3 Å². The van der Waals surface area contributed by atoms with E-state index in [1.54, 1.807) is 38.1 Å². The maximum absolute atomic E-state index is 11.4. The Morgan fingerprint density at radius 3 is 2.71 bits per heavy atom. The van der Waals surface area contributed by atoms with Crippen LogP contribution < -0.4 is 0 Å². The fourth-order valence-electron chi connectivity index (χ4n) is 1.91. The topological polar surface area (TPSA) is 74.0 Å². The molecule has 0 unspecified atom stereocenters. The largest absolute Gasteiger partial charge is 0.478 e. The molecule has 1 aromatic heterocycles. The van der Waals surface area contributed by atoms with E-state index in [1.807, 2.05) is 0 Å². The van der Waals surface area contributed by atoms with Crippen molar-refractivity contribution in [2.45, 2.75) is 23.8 Å². The molecule has 1 aromatic carbocycles. The van der Waals surface area contributed by atoms with Gasteiger partial charge in [0.25, 0.3) is 0 Å². The van der Waals surface area contributed by atoms with E-state index in [0.717, 1.165) is 17.5 Å². The van der Waals surface area contributed by atoms with Gasteiger partial charge in [-0.05, 0) is 43.7 Å². The minimum Gasteiger partial charge on any atom is -0.478 e. The molecule has 0 aliphatic rings. The third kappa shape index (κ3) is 3.35. The monoisotopic (exact) mass is 318 g/mol. The number of benzene rings is 1. The summed E-state index contributed by atoms with van der Waals surface area (Å²) in [6.07, 6.45) is 0. The first-order chi connectivity index (χ1) is 9.92. The number of aryl methyl sites for hydroxylation is 2. The highest BCUT2D eigenvalue weighted by atomic mass is 35.5. The van der Waals surface area contributed by atoms with Crippen LogP contribution in [0.2, 0.25) is 5.02 Å². The highest BCUT2D eigenvalue weighted by Crippen LogP contribution is 2.34. The molecule has 2 aromatic rings. The van der Waals surface area contributed by atoms with E-state index >= 15 is 0 Å². The number of carbonyl (C=O) groups is 1. The second kappa shape index (κ2) is 6.17. The number of halogens is 1. The van der Waals surface area contributed by atoms with Gasteiger partial charge in [0, 0.05) is 15.6 Å². The average molecular weight is 319 g/mol. The van der Waals surface area contributed by atoms with Crippen LogP contribution in [0.5, 0.6) is 0 Å². The first-order valence-electron chi connectivity index (χ1n) is 6.01. The second-order valence-electron chi connectivity index (χ2n) is 4.42. The number of pyridine rings is 1. The van der Waals surface area contributed by atoms with Crippen molar-refractivity contribution in [3.8, 4) is 6.07 Å². The van der Waals surface area contributed by atoms with Crippen molar-refractivity contribution < 1.29 is 9.90 Å². The molecule has 106 valence electrons. The molecule has 4 nitrogen and oxygen atoms in total. The summed E-state index contributed by atoms with van der Waals surface area (Å²) in [5.41, 5.74) is 1.94. The number of nitrogens with zero attached hydrogens (tertiary/aromatic N) is 2. The molecule has 0 bridgehead atoms. The molecule has 0 atom stereocenters. The highest BCUT2D eigenvalue weighted by molar-refractivity contribution is 7.99. The number of nitriles is 1. The zero-order chi connectivity index (χ0) is 15.6. The van der Waals surface area contributed by atoms with E-state index in [-0.39, 0.29) is 5.56 Å². The van der Waals surface area contributed by atoms with Gasteiger partial charge < -0.3 is 5.11 Å². The van der Waals surface area contributed by atoms with Gasteiger partial charge in [-0.1, -0.05) is 23.4 Å². The summed E-state index contributed by atoms with van der Waals surface area (Å²) in [6, 6.07) is 8.65. The standard InChI is InChI=1S/C15H11ClN2O2S/c1-8-5-9(2)18-14(13(8)15(19)20)21-12-6-11(16)4-3-10(12)7-17/h3-6H,1-2H3,(H,19,20). The number of hydrogen-bond donors (Lipinski definition) is 1. The molecule has 0 radical (unpaired) electrons. The summed E-state index contributed by atoms with van der Waals surface area (Å²) in [5.74, 6) is -1.04. The Morgan fingerprint density at radius 1 is 1.38 bits per heavy atom. The quantitative estimate of drug-likeness (QED) is 0.923. The summed E-state index contributed by atoms with van der Waals surface area (Å²) < 4.78 is 0. The van der Waals surface area contributed by atoms with Gasteiger partial charge in [-0.15, -0.1) is 0 Å². The van der Waals surface area contributed by atoms with Crippen molar-refractivity contribution in [1.82, 2.24) is 4.98 Å². The summed E-state index contributed by atoms with van der Waals surface area (Å²) in [7, 11) is 0. The Morgan fingerprint density at radius 2 is 2.10 bits per heavy atom. The molecule has 0 saturated heterocycles. The number of rotatable bonds is 3. The molecule has 0 saturated carbocycles. The summed E-state index contributed by atoms with van der Waals surface area (Å²) in [4.78, 5) is 16.3. The lowest BCUT2D eigenvalue weighted by atomic mass is 10.1. The van der Waals surface area contributed by atoms with E-state index in [0.29, 0.717) is 26.1 Å². The van der Waals surface area contributed by atoms with Crippen molar-refractivity contribution in [2.75, 3.05) is 0 Å². The van der Waals surface area contributed by atoms with Crippen molar-refractivity contribution in [3.05, 3.63) is 51.7 Å². The molecular weight excluding hydrogens is 308 g/mol. The Labute approximate surface area is 131 Å². The van der Waals surface area contributed by atoms with Crippen LogP contribution in [0.15, 0.2) is 34.2 Å². The molecular formula is C15H11ClN2O2S. The van der Waals surface area contributed by atoms with Gasteiger partial charge in [-0.2, -0.15) is 5.26 Å². The molecule has 0 spiro atoms. The summed E-state index contributed by atoms with van der Waals surface area (Å²) in [6.45, 7) is 3.53. The van der Waals surface area contributed by atoms with Gasteiger partial charge in [0.1, 0.15) is 11.1 Å². The zero-order valence-electron chi connectivity index (χ0n) is 11.3. The van der Waals surface area contributed by atoms with Gasteiger partial charge in [0.05, 0.1) is 11.1 Å². The Kier molecular flexibility index (Phi) is 4.51. The number of aromatic nitrogens is 1. The van der Waals surface area contributed by atoms with Crippen LogP contribution in [0.25, 0.3) is 0 Å². The molecule has 2 rings (SSSR count). The van der Waals surface area contributed by atoms with E-state index < -0.39 is 5.97 Å². The third-order valence-electron chi connectivity index (χ3n) is 2.80. The Hall–Kier alpha value is -2.03. The predicted molar refractivity (Wildman–Crippen MR) is 81.0 cm³/mol. The number of aromatic carboxylic acids is 1. The Bertz CT molecular complexity index is 769. The third-order valence-corrected chi connectivity index (χ3v) is 4.08. The fourth-order valence-corrected chi connectivity index (χ4v) is 3.31. The molecule has 1 heterocycles. The van der Waals surface area contributed by atoms with Crippen LogP contribution in [0, 0.1) is 25.2 Å². The Balaban J connectivity index is 2.57. The minimum absolute atomic E-state index is 0.148. The van der Waals surface area contributed by atoms with Crippen LogP contribution in [-0.2, 0) is 0 Å². The van der Waals surface area contributed by atoms with Gasteiger partial charge >= 0.3 is 5.97 Å². The number of hydrogen-bond acceptors (Lipinski definition) is 4. The van der Waals surface area contributed by atoms with Crippen molar-refractivity contribution in [2.24, 2.45) is 0 Å². The molecule has 0 fully saturated rings. The van der Waals surface area contributed by atoms with Crippen molar-refractivity contribution in [3.63, 3.8) is 0 Å². The van der Waals surface area contributed by atoms with Gasteiger partial charge in [0.2, 0.25) is 0 Å². The number of carboxylic acid groups (broad SMARTS) is 1. The molecule has 21 heavy (non-hydrogen) atoms. The van der Waals surface area contributed by atoms with Crippen LogP contribution in [0.4, 0.5) is 0 Å². The summed E-state index contributed by atoms with van der Waals surface area (Å²) in [5, 5.41) is 19.3. The normalized spacial score (nSPS) is 10.2. The predicted octanol–water partition coefficient (Wildman–Crippen LogP) is 4.07. The molecule has 6 heteroatoms. The molecule has 1 N–H and O–H groups in total. The van der Waals surface area contributed by atoms with Gasteiger partial charge in [0.15, 0.2) is 0 Å². The fraction of sp³-hybridized carbons (Fsp3) is 0.133. The first-order valence-corrected chi connectivity index (χ1v) is 7.21. The lowest BCUT2D eigenvalue weighted by Gasteiger charge is -2.10. The molecule has 0 aliphatic heterocycles. The van der Waals surface area contributed by atoms with E-state index in [2.05, 4.69) is 11.1 Å². The van der Waals surface area contributed by atoms with Crippen LogP contribution in [-0.4, -0.2) is 16.1 Å². The number of carboxylic acids is 1. The van der Waals surface area contributed by atoms with Crippen molar-refractivity contribution in [1.29, 1.82) is 5.26 Å². The van der Waals surface area contributed by atoms with E-state index in [9.17, 15) is 9.90 Å². The minimum atomic E-state index is -1.04. The van der Waals surface area contributed by atoms with Gasteiger partial charge in [-0.25, -0.2) is 9.78 Å². The second-order valence-corrected chi connectivity index (χ2v) is 5.89. The van der Waals surface area contributed by atoms with E-state index in [1.165, 1.54) is 0 Å². The lowest BCUT2D eigenvalue weighted by molar-refractivity contribution is 0.0691. The van der Waals surface area contributed by atoms with Crippen LogP contribution >= 0.6 is 23.4 Å². The summed E-state index contributed by atoms with van der Waals surface area (Å²) >= 11 is 7.08. The SMILES string of the molecule is Cc1cc(C)c(C(=O)O)c(Sc2cc(Cl)ccc2C#N)n1. The lowest BCUT2D eigenvalue weighted by Crippen LogP contribution is -2.05. The zero-order valence-corrected chi connectivity index (χ0v) is 12.9. The van der Waals surface area contributed by atoms with Gasteiger partial charge in [-0.3, -0.25) is 0 Å². The molecule has 0 amide bonds.